The van der Waals surface area contributed by atoms with Crippen LogP contribution in [0.25, 0.3) is 0 Å². The van der Waals surface area contributed by atoms with Crippen molar-refractivity contribution >= 4 is 11.6 Å². The van der Waals surface area contributed by atoms with Gasteiger partial charge in [0.1, 0.15) is 11.7 Å². The Balaban J connectivity index is 3.11. The van der Waals surface area contributed by atoms with Gasteiger partial charge in [0.2, 0.25) is 0 Å². The van der Waals surface area contributed by atoms with Gasteiger partial charge in [-0.15, -0.1) is 0 Å². The molecule has 7 heteroatoms. The van der Waals surface area contributed by atoms with E-state index in [9.17, 15) is 18.0 Å². The zero-order valence-corrected chi connectivity index (χ0v) is 11.8. The number of nitrogens with zero attached hydrogens (tertiary/aromatic N) is 1. The zero-order valence-electron chi connectivity index (χ0n) is 11.8. The Morgan fingerprint density at radius 3 is 2.48 bits per heavy atom. The molecule has 0 aliphatic heterocycles. The van der Waals surface area contributed by atoms with E-state index in [1.807, 2.05) is 0 Å². The van der Waals surface area contributed by atoms with Gasteiger partial charge in [-0.05, 0) is 31.5 Å². The third-order valence-electron chi connectivity index (χ3n) is 3.32. The Morgan fingerprint density at radius 2 is 2.05 bits per heavy atom. The molecule has 0 aliphatic rings. The molecule has 0 saturated heterocycles. The van der Waals surface area contributed by atoms with Crippen molar-refractivity contribution < 1.29 is 22.7 Å². The lowest BCUT2D eigenvalue weighted by Gasteiger charge is -2.25. The second kappa shape index (κ2) is 6.14. The molecule has 1 amide bonds. The highest BCUT2D eigenvalue weighted by Crippen LogP contribution is 2.32. The third-order valence-corrected chi connectivity index (χ3v) is 3.32. The lowest BCUT2D eigenvalue weighted by molar-refractivity contribution is -0.137. The van der Waals surface area contributed by atoms with E-state index in [0.717, 1.165) is 12.1 Å². The first-order valence-electron chi connectivity index (χ1n) is 6.16. The van der Waals surface area contributed by atoms with E-state index in [1.54, 1.807) is 19.9 Å². The molecule has 1 unspecified atom stereocenters. The molecule has 0 aliphatic carbocycles. The summed E-state index contributed by atoms with van der Waals surface area (Å²) in [6.45, 7) is 3.29. The molecule has 21 heavy (non-hydrogen) atoms. The van der Waals surface area contributed by atoms with E-state index in [1.165, 1.54) is 7.11 Å². The lowest BCUT2D eigenvalue weighted by atomic mass is 10.0. The fourth-order valence-electron chi connectivity index (χ4n) is 1.57. The molecule has 1 aromatic carbocycles. The number of hydrogen-bond acceptors (Lipinski definition) is 3. The molecular formula is C14H15F3N2O2. The fourth-order valence-corrected chi connectivity index (χ4v) is 1.57. The summed E-state index contributed by atoms with van der Waals surface area (Å²) in [5.41, 5.74) is -2.29. The van der Waals surface area contributed by atoms with E-state index in [-0.39, 0.29) is 11.3 Å². The standard InChI is InChI=1S/C14H15F3N2O2/c1-4-13(2,21-3)12(20)19-11-6-5-10(14(15,16)17)7-9(11)8-18/h5-7H,4H2,1-3H3,(H,19,20). The van der Waals surface area contributed by atoms with Crippen molar-refractivity contribution in [3.05, 3.63) is 29.3 Å². The van der Waals surface area contributed by atoms with E-state index in [2.05, 4.69) is 5.32 Å². The summed E-state index contributed by atoms with van der Waals surface area (Å²) in [6.07, 6.45) is -4.17. The van der Waals surface area contributed by atoms with Gasteiger partial charge >= 0.3 is 6.18 Å². The van der Waals surface area contributed by atoms with Crippen LogP contribution in [-0.2, 0) is 15.7 Å². The largest absolute Gasteiger partial charge is 0.416 e. The quantitative estimate of drug-likeness (QED) is 0.927. The zero-order chi connectivity index (χ0) is 16.3. The molecule has 0 spiro atoms. The minimum absolute atomic E-state index is 0.0206. The molecule has 0 aromatic heterocycles. The summed E-state index contributed by atoms with van der Waals surface area (Å²) in [5, 5.41) is 11.4. The monoisotopic (exact) mass is 300 g/mol. The van der Waals surface area contributed by atoms with Crippen LogP contribution in [0.2, 0.25) is 0 Å². The van der Waals surface area contributed by atoms with Crippen molar-refractivity contribution in [1.29, 1.82) is 5.26 Å². The third kappa shape index (κ3) is 3.73. The average molecular weight is 300 g/mol. The normalized spacial score (nSPS) is 14.1. The van der Waals surface area contributed by atoms with Crippen molar-refractivity contribution in [1.82, 2.24) is 0 Å². The van der Waals surface area contributed by atoms with Gasteiger partial charge in [0, 0.05) is 7.11 Å². The van der Waals surface area contributed by atoms with Gasteiger partial charge in [0.15, 0.2) is 0 Å². The molecule has 0 saturated carbocycles. The number of hydrogen-bond donors (Lipinski definition) is 1. The Bertz CT molecular complexity index is 573. The van der Waals surface area contributed by atoms with E-state index >= 15 is 0 Å². The van der Waals surface area contributed by atoms with Crippen LogP contribution in [0.15, 0.2) is 18.2 Å². The van der Waals surface area contributed by atoms with Gasteiger partial charge < -0.3 is 10.1 Å². The number of nitrogens with one attached hydrogen (secondary N) is 1. The first kappa shape index (κ1) is 17.0. The average Bonchev–Trinajstić information content (AvgIpc) is 2.45. The molecule has 0 fully saturated rings. The summed E-state index contributed by atoms with van der Waals surface area (Å²) >= 11 is 0. The number of rotatable bonds is 4. The van der Waals surface area contributed by atoms with Gasteiger partial charge in [-0.25, -0.2) is 0 Å². The number of benzene rings is 1. The molecule has 1 N–H and O–H groups in total. The Morgan fingerprint density at radius 1 is 1.43 bits per heavy atom. The summed E-state index contributed by atoms with van der Waals surface area (Å²) < 4.78 is 42.8. The molecule has 0 heterocycles. The molecule has 0 bridgehead atoms. The van der Waals surface area contributed by atoms with Crippen LogP contribution < -0.4 is 5.32 Å². The molecule has 1 aromatic rings. The van der Waals surface area contributed by atoms with Gasteiger partial charge in [-0.3, -0.25) is 4.79 Å². The van der Waals surface area contributed by atoms with Crippen LogP contribution in [-0.4, -0.2) is 18.6 Å². The number of amides is 1. The Labute approximate surface area is 120 Å². The van der Waals surface area contributed by atoms with Crippen LogP contribution in [0.3, 0.4) is 0 Å². The molecular weight excluding hydrogens is 285 g/mol. The van der Waals surface area contributed by atoms with Crippen molar-refractivity contribution in [3.8, 4) is 6.07 Å². The smallest absolute Gasteiger partial charge is 0.369 e. The lowest BCUT2D eigenvalue weighted by Crippen LogP contribution is -2.41. The number of ether oxygens (including phenoxy) is 1. The highest BCUT2D eigenvalue weighted by atomic mass is 19.4. The topological polar surface area (TPSA) is 62.1 Å². The number of halogens is 3. The second-order valence-corrected chi connectivity index (χ2v) is 4.61. The molecule has 4 nitrogen and oxygen atoms in total. The Hall–Kier alpha value is -2.07. The highest BCUT2D eigenvalue weighted by Gasteiger charge is 2.33. The fraction of sp³-hybridized carbons (Fsp3) is 0.429. The van der Waals surface area contributed by atoms with Crippen LogP contribution in [0.4, 0.5) is 18.9 Å². The van der Waals surface area contributed by atoms with Crippen LogP contribution in [0.1, 0.15) is 31.4 Å². The van der Waals surface area contributed by atoms with Gasteiger partial charge in [0.05, 0.1) is 16.8 Å². The minimum atomic E-state index is -4.54. The van der Waals surface area contributed by atoms with E-state index < -0.39 is 23.2 Å². The maximum Gasteiger partial charge on any atom is 0.416 e. The summed E-state index contributed by atoms with van der Waals surface area (Å²) in [7, 11) is 1.36. The first-order chi connectivity index (χ1) is 9.67. The SMILES string of the molecule is CCC(C)(OC)C(=O)Nc1ccc(C(F)(F)F)cc1C#N. The molecule has 114 valence electrons. The van der Waals surface area contributed by atoms with Crippen LogP contribution in [0.5, 0.6) is 0 Å². The maximum atomic E-state index is 12.6. The molecule has 1 atom stereocenters. The number of carbonyl (C=O) groups is 1. The van der Waals surface area contributed by atoms with Gasteiger partial charge in [0.25, 0.3) is 5.91 Å². The summed E-state index contributed by atoms with van der Waals surface area (Å²) in [5.74, 6) is -0.524. The number of alkyl halides is 3. The van der Waals surface area contributed by atoms with Crippen LogP contribution in [0, 0.1) is 11.3 Å². The summed E-state index contributed by atoms with van der Waals surface area (Å²) in [6, 6.07) is 4.22. The van der Waals surface area contributed by atoms with Crippen molar-refractivity contribution in [2.75, 3.05) is 12.4 Å². The molecule has 1 rings (SSSR count). The predicted octanol–water partition coefficient (Wildman–Crippen LogP) is 3.33. The van der Waals surface area contributed by atoms with Crippen molar-refractivity contribution in [3.63, 3.8) is 0 Å². The van der Waals surface area contributed by atoms with E-state index in [0.29, 0.717) is 12.5 Å². The second-order valence-electron chi connectivity index (χ2n) is 4.61. The number of anilines is 1. The van der Waals surface area contributed by atoms with Gasteiger partial charge in [-0.1, -0.05) is 6.92 Å². The van der Waals surface area contributed by atoms with E-state index in [4.69, 9.17) is 10.00 Å². The number of carbonyl (C=O) groups excluding carboxylic acids is 1. The minimum Gasteiger partial charge on any atom is -0.369 e. The maximum absolute atomic E-state index is 12.6. The number of methoxy groups -OCH3 is 1. The van der Waals surface area contributed by atoms with Gasteiger partial charge in [-0.2, -0.15) is 18.4 Å². The highest BCUT2D eigenvalue weighted by molar-refractivity contribution is 5.98. The number of nitriles is 1. The van der Waals surface area contributed by atoms with Crippen LogP contribution >= 0.6 is 0 Å². The van der Waals surface area contributed by atoms with Crippen molar-refractivity contribution in [2.24, 2.45) is 0 Å². The molecule has 0 radical (unpaired) electrons. The summed E-state index contributed by atoms with van der Waals surface area (Å²) in [4.78, 5) is 12.1. The first-order valence-corrected chi connectivity index (χ1v) is 6.16. The predicted molar refractivity (Wildman–Crippen MR) is 70.5 cm³/mol. The van der Waals surface area contributed by atoms with Crippen molar-refractivity contribution in [2.45, 2.75) is 32.0 Å². The Kier molecular flexibility index (Phi) is 4.97.